The molecule has 100 valence electrons. The van der Waals surface area contributed by atoms with E-state index in [0.717, 1.165) is 4.90 Å². The minimum Gasteiger partial charge on any atom is -0.277 e. The molecule has 1 aliphatic heterocycles. The molecule has 0 unspecified atom stereocenters. The van der Waals surface area contributed by atoms with Gasteiger partial charge in [-0.1, -0.05) is 15.9 Å². The van der Waals surface area contributed by atoms with Gasteiger partial charge in [0.2, 0.25) is 0 Å². The molecule has 1 N–H and O–H groups in total. The van der Waals surface area contributed by atoms with E-state index in [9.17, 15) is 14.4 Å². The molecule has 6 nitrogen and oxygen atoms in total. The molecule has 0 fully saturated rings. The Kier molecular flexibility index (Phi) is 3.68. The number of amides is 3. The van der Waals surface area contributed by atoms with Crippen LogP contribution in [0.25, 0.3) is 0 Å². The van der Waals surface area contributed by atoms with Gasteiger partial charge in [-0.2, -0.15) is 0 Å². The topological polar surface area (TPSA) is 75.7 Å². The quantitative estimate of drug-likeness (QED) is 0.667. The van der Waals surface area contributed by atoms with Crippen LogP contribution in [0.15, 0.2) is 22.7 Å². The number of nitrogens with one attached hydrogen (secondary N) is 1. The molecule has 0 bridgehead atoms. The Hall–Kier alpha value is -1.73. The maximum atomic E-state index is 12.2. The first kappa shape index (κ1) is 13.7. The third-order valence-corrected chi connectivity index (χ3v) is 3.34. The van der Waals surface area contributed by atoms with E-state index in [-0.39, 0.29) is 5.56 Å². The van der Waals surface area contributed by atoms with Gasteiger partial charge in [0.25, 0.3) is 17.7 Å². The molecule has 1 aliphatic rings. The molecule has 0 aliphatic carbocycles. The molecule has 0 spiro atoms. The maximum Gasteiger partial charge on any atom is 0.266 e. The van der Waals surface area contributed by atoms with Crippen LogP contribution in [-0.2, 0) is 9.63 Å². The number of fused-ring (bicyclic) bond motifs is 1. The van der Waals surface area contributed by atoms with Crippen molar-refractivity contribution in [2.45, 2.75) is 13.0 Å². The number of benzene rings is 1. The Morgan fingerprint density at radius 3 is 2.58 bits per heavy atom. The van der Waals surface area contributed by atoms with E-state index in [0.29, 0.717) is 10.0 Å². The second-order valence-electron chi connectivity index (χ2n) is 4.02. The molecule has 3 amide bonds. The second-order valence-corrected chi connectivity index (χ2v) is 4.93. The number of carbonyl (C=O) groups is 3. The van der Waals surface area contributed by atoms with Crippen LogP contribution < -0.4 is 5.48 Å². The van der Waals surface area contributed by atoms with Gasteiger partial charge < -0.3 is 0 Å². The highest BCUT2D eigenvalue weighted by atomic mass is 79.9. The molecule has 19 heavy (non-hydrogen) atoms. The van der Waals surface area contributed by atoms with Gasteiger partial charge in [0.05, 0.1) is 18.2 Å². The average Bonchev–Trinajstić information content (AvgIpc) is 2.61. The largest absolute Gasteiger partial charge is 0.277 e. The molecule has 0 saturated carbocycles. The fourth-order valence-corrected chi connectivity index (χ4v) is 2.25. The van der Waals surface area contributed by atoms with Gasteiger partial charge in [-0.05, 0) is 25.1 Å². The summed E-state index contributed by atoms with van der Waals surface area (Å²) in [6.07, 6.45) is 0. The van der Waals surface area contributed by atoms with E-state index in [1.54, 1.807) is 18.2 Å². The molecule has 0 aromatic heterocycles. The van der Waals surface area contributed by atoms with Crippen molar-refractivity contribution in [2.24, 2.45) is 0 Å². The van der Waals surface area contributed by atoms with Gasteiger partial charge in [0.15, 0.2) is 0 Å². The Bertz CT molecular complexity index is 573. The van der Waals surface area contributed by atoms with Crippen molar-refractivity contribution >= 4 is 33.7 Å². The molecule has 1 aromatic rings. The molecule has 7 heteroatoms. The first-order valence-electron chi connectivity index (χ1n) is 5.47. The lowest BCUT2D eigenvalue weighted by Crippen LogP contribution is -2.47. The normalized spacial score (nSPS) is 15.4. The third kappa shape index (κ3) is 2.26. The van der Waals surface area contributed by atoms with Crippen LogP contribution in [0, 0.1) is 0 Å². The highest BCUT2D eigenvalue weighted by Crippen LogP contribution is 2.27. The predicted octanol–water partition coefficient (Wildman–Crippen LogP) is 1.11. The summed E-state index contributed by atoms with van der Waals surface area (Å²) in [5.41, 5.74) is 2.69. The van der Waals surface area contributed by atoms with Crippen LogP contribution in [0.4, 0.5) is 0 Å². The van der Waals surface area contributed by atoms with E-state index in [4.69, 9.17) is 0 Å². The van der Waals surface area contributed by atoms with Crippen molar-refractivity contribution in [3.8, 4) is 0 Å². The summed E-state index contributed by atoms with van der Waals surface area (Å²) >= 11 is 3.24. The van der Waals surface area contributed by atoms with Crippen molar-refractivity contribution in [2.75, 3.05) is 7.11 Å². The average molecular weight is 327 g/mol. The van der Waals surface area contributed by atoms with Crippen molar-refractivity contribution in [3.05, 3.63) is 33.8 Å². The van der Waals surface area contributed by atoms with Gasteiger partial charge in [-0.15, -0.1) is 0 Å². The van der Waals surface area contributed by atoms with Crippen LogP contribution in [-0.4, -0.2) is 35.8 Å². The molecule has 2 rings (SSSR count). The lowest BCUT2D eigenvalue weighted by molar-refractivity contribution is -0.134. The van der Waals surface area contributed by atoms with Gasteiger partial charge in [0.1, 0.15) is 6.04 Å². The van der Waals surface area contributed by atoms with Crippen LogP contribution >= 0.6 is 15.9 Å². The zero-order chi connectivity index (χ0) is 14.2. The number of hydrogen-bond acceptors (Lipinski definition) is 4. The van der Waals surface area contributed by atoms with Crippen molar-refractivity contribution in [1.82, 2.24) is 10.4 Å². The molecule has 0 saturated heterocycles. The summed E-state index contributed by atoms with van der Waals surface area (Å²) in [4.78, 5) is 41.4. The number of carbonyl (C=O) groups excluding carboxylic acids is 3. The molecule has 1 atom stereocenters. The molecule has 1 aromatic carbocycles. The monoisotopic (exact) mass is 326 g/mol. The van der Waals surface area contributed by atoms with Crippen LogP contribution in [0.5, 0.6) is 0 Å². The first-order valence-corrected chi connectivity index (χ1v) is 6.27. The van der Waals surface area contributed by atoms with E-state index >= 15 is 0 Å². The maximum absolute atomic E-state index is 12.2. The van der Waals surface area contributed by atoms with Gasteiger partial charge in [0, 0.05) is 4.47 Å². The van der Waals surface area contributed by atoms with Crippen molar-refractivity contribution in [1.29, 1.82) is 0 Å². The van der Waals surface area contributed by atoms with Crippen LogP contribution in [0.2, 0.25) is 0 Å². The summed E-state index contributed by atoms with van der Waals surface area (Å²) in [6.45, 7) is 1.46. The number of rotatable bonds is 3. The van der Waals surface area contributed by atoms with Gasteiger partial charge in [-0.3, -0.25) is 24.1 Å². The zero-order valence-electron chi connectivity index (χ0n) is 10.3. The molecule has 1 heterocycles. The Morgan fingerprint density at radius 2 is 1.95 bits per heavy atom. The minimum atomic E-state index is -0.939. The van der Waals surface area contributed by atoms with Crippen LogP contribution in [0.3, 0.4) is 0 Å². The second kappa shape index (κ2) is 5.10. The minimum absolute atomic E-state index is 0.288. The predicted molar refractivity (Wildman–Crippen MR) is 69.3 cm³/mol. The lowest BCUT2D eigenvalue weighted by atomic mass is 10.1. The van der Waals surface area contributed by atoms with Crippen molar-refractivity contribution in [3.63, 3.8) is 0 Å². The third-order valence-electron chi connectivity index (χ3n) is 2.85. The van der Waals surface area contributed by atoms with E-state index in [2.05, 4.69) is 26.2 Å². The summed E-state index contributed by atoms with van der Waals surface area (Å²) in [5, 5.41) is 0. The standard InChI is InChI=1S/C12H11BrN2O4/c1-6(10(16)14-19-2)15-11(17)8-4-3-7(13)5-9(8)12(15)18/h3-6H,1-2H3,(H,14,16)/t6-/m1/s1. The molecular formula is C12H11BrN2O4. The fourth-order valence-electron chi connectivity index (χ4n) is 1.89. The van der Waals surface area contributed by atoms with E-state index < -0.39 is 23.8 Å². The van der Waals surface area contributed by atoms with E-state index in [1.807, 2.05) is 0 Å². The molecule has 0 radical (unpaired) electrons. The Morgan fingerprint density at radius 1 is 1.32 bits per heavy atom. The number of halogens is 1. The highest BCUT2D eigenvalue weighted by molar-refractivity contribution is 9.10. The summed E-state index contributed by atoms with van der Waals surface area (Å²) in [5.74, 6) is -1.53. The number of nitrogens with zero attached hydrogens (tertiary/aromatic N) is 1. The zero-order valence-corrected chi connectivity index (χ0v) is 11.9. The first-order chi connectivity index (χ1) is 8.97. The summed E-state index contributed by atoms with van der Waals surface area (Å²) in [7, 11) is 1.28. The number of hydroxylamine groups is 1. The summed E-state index contributed by atoms with van der Waals surface area (Å²) in [6, 6.07) is 3.86. The van der Waals surface area contributed by atoms with Gasteiger partial charge >= 0.3 is 0 Å². The Balaban J connectivity index is 2.35. The highest BCUT2D eigenvalue weighted by Gasteiger charge is 2.40. The van der Waals surface area contributed by atoms with Crippen molar-refractivity contribution < 1.29 is 19.2 Å². The smallest absolute Gasteiger partial charge is 0.266 e. The molecular weight excluding hydrogens is 316 g/mol. The Labute approximate surface area is 117 Å². The lowest BCUT2D eigenvalue weighted by Gasteiger charge is -2.20. The fraction of sp³-hybridized carbons (Fsp3) is 0.250. The number of imide groups is 1. The number of hydrogen-bond donors (Lipinski definition) is 1. The summed E-state index contributed by atoms with van der Waals surface area (Å²) < 4.78 is 0.697. The van der Waals surface area contributed by atoms with Gasteiger partial charge in [-0.25, -0.2) is 5.48 Å². The van der Waals surface area contributed by atoms with Crippen LogP contribution in [0.1, 0.15) is 27.6 Å². The SMILES string of the molecule is CONC(=O)[C@@H](C)N1C(=O)c2ccc(Br)cc2C1=O. The van der Waals surface area contributed by atoms with E-state index in [1.165, 1.54) is 14.0 Å².